The van der Waals surface area contributed by atoms with Gasteiger partial charge in [0.1, 0.15) is 0 Å². The predicted molar refractivity (Wildman–Crippen MR) is 124 cm³/mol. The van der Waals surface area contributed by atoms with Gasteiger partial charge >= 0.3 is 0 Å². The molecule has 33 heavy (non-hydrogen) atoms. The number of aromatic nitrogens is 4. The van der Waals surface area contributed by atoms with Crippen LogP contribution in [0.5, 0.6) is 5.88 Å². The number of fused-ring (bicyclic) bond motifs is 2. The molecule has 0 saturated heterocycles. The van der Waals surface area contributed by atoms with Crippen LogP contribution in [0.3, 0.4) is 0 Å². The van der Waals surface area contributed by atoms with Crippen LogP contribution in [-0.2, 0) is 7.05 Å². The van der Waals surface area contributed by atoms with Crippen molar-refractivity contribution in [2.24, 2.45) is 7.05 Å². The van der Waals surface area contributed by atoms with Gasteiger partial charge < -0.3 is 4.74 Å². The molecule has 5 aromatic rings. The molecule has 5 rings (SSSR count). The second-order valence-electron chi connectivity index (χ2n) is 7.52. The lowest BCUT2D eigenvalue weighted by Gasteiger charge is -2.14. The number of alkyl halides is 2. The van der Waals surface area contributed by atoms with E-state index in [0.717, 1.165) is 16.5 Å². The lowest BCUT2D eigenvalue weighted by molar-refractivity contribution is 0.0797. The number of aryl methyl sites for hydroxylation is 1. The van der Waals surface area contributed by atoms with Crippen molar-refractivity contribution in [1.29, 1.82) is 0 Å². The minimum atomic E-state index is -2.63. The Labute approximate surface area is 191 Å². The second kappa shape index (κ2) is 8.29. The lowest BCUT2D eigenvalue weighted by atomic mass is 10.0. The summed E-state index contributed by atoms with van der Waals surface area (Å²) in [5.41, 5.74) is 2.53. The van der Waals surface area contributed by atoms with Gasteiger partial charge in [-0.25, -0.2) is 8.78 Å². The highest BCUT2D eigenvalue weighted by Crippen LogP contribution is 2.27. The van der Waals surface area contributed by atoms with E-state index in [9.17, 15) is 13.6 Å². The number of halogens is 3. The molecule has 0 saturated carbocycles. The smallest absolute Gasteiger partial charge is 0.272 e. The molecule has 3 heterocycles. The van der Waals surface area contributed by atoms with Crippen LogP contribution in [0.15, 0.2) is 71.7 Å². The third kappa shape index (κ3) is 4.05. The first-order valence-corrected chi connectivity index (χ1v) is 10.4. The third-order valence-electron chi connectivity index (χ3n) is 5.20. The molecule has 2 aromatic carbocycles. The number of ether oxygens (including phenoxy) is 1. The Hall–Kier alpha value is -3.78. The molecular weight excluding hydrogens is 450 g/mol. The maximum atomic E-state index is 13.7. The van der Waals surface area contributed by atoms with Gasteiger partial charge in [-0.1, -0.05) is 17.7 Å². The van der Waals surface area contributed by atoms with Gasteiger partial charge in [-0.15, -0.1) is 0 Å². The molecular formula is C24H17ClF2N4O2. The normalized spacial score (nSPS) is 11.5. The average molecular weight is 467 g/mol. The fourth-order valence-corrected chi connectivity index (χ4v) is 3.88. The monoisotopic (exact) mass is 466 g/mol. The topological polar surface area (TPSA) is 61.9 Å². The molecule has 0 spiro atoms. The maximum absolute atomic E-state index is 13.7. The number of rotatable bonds is 5. The second-order valence-corrected chi connectivity index (χ2v) is 7.95. The molecule has 0 aliphatic carbocycles. The molecule has 9 heteroatoms. The van der Waals surface area contributed by atoms with Crippen LogP contribution in [0, 0.1) is 0 Å². The summed E-state index contributed by atoms with van der Waals surface area (Å²) in [6.45, 7) is -0.785. The van der Waals surface area contributed by atoms with Gasteiger partial charge in [0.2, 0.25) is 5.88 Å². The fraction of sp³-hybridized carbons (Fsp3) is 0.125. The molecule has 0 aliphatic heterocycles. The average Bonchev–Trinajstić information content (AvgIpc) is 3.17. The quantitative estimate of drug-likeness (QED) is 0.355. The zero-order chi connectivity index (χ0) is 23.1. The van der Waals surface area contributed by atoms with Gasteiger partial charge in [-0.05, 0) is 54.1 Å². The van der Waals surface area contributed by atoms with Crippen molar-refractivity contribution >= 4 is 33.5 Å². The van der Waals surface area contributed by atoms with Crippen LogP contribution in [0.4, 0.5) is 8.78 Å². The van der Waals surface area contributed by atoms with Crippen LogP contribution in [0.25, 0.3) is 38.8 Å². The van der Waals surface area contributed by atoms with E-state index in [1.165, 1.54) is 10.6 Å². The molecule has 0 fully saturated rings. The summed E-state index contributed by atoms with van der Waals surface area (Å²) >= 11 is 6.04. The van der Waals surface area contributed by atoms with E-state index in [0.29, 0.717) is 27.3 Å². The number of hydrogen-bond donors (Lipinski definition) is 0. The van der Waals surface area contributed by atoms with Crippen molar-refractivity contribution in [2.75, 3.05) is 6.61 Å². The summed E-state index contributed by atoms with van der Waals surface area (Å²) in [7, 11) is 1.84. The van der Waals surface area contributed by atoms with Crippen molar-refractivity contribution in [3.8, 4) is 22.7 Å². The number of nitrogens with zero attached hydrogens (tertiary/aromatic N) is 4. The molecule has 0 amide bonds. The molecule has 6 nitrogen and oxygen atoms in total. The van der Waals surface area contributed by atoms with Crippen LogP contribution in [-0.4, -0.2) is 32.4 Å². The minimum Gasteiger partial charge on any atom is -0.472 e. The third-order valence-corrected chi connectivity index (χ3v) is 5.45. The van der Waals surface area contributed by atoms with Crippen LogP contribution in [0.2, 0.25) is 5.02 Å². The Kier molecular flexibility index (Phi) is 5.30. The first-order valence-electron chi connectivity index (χ1n) is 10.1. The molecule has 0 N–H and O–H groups in total. The molecule has 166 valence electrons. The van der Waals surface area contributed by atoms with Gasteiger partial charge in [-0.3, -0.25) is 14.0 Å². The van der Waals surface area contributed by atoms with Gasteiger partial charge in [-0.2, -0.15) is 10.1 Å². The Morgan fingerprint density at radius 3 is 2.58 bits per heavy atom. The summed E-state index contributed by atoms with van der Waals surface area (Å²) < 4.78 is 33.4. The molecule has 3 aromatic heterocycles. The van der Waals surface area contributed by atoms with Crippen molar-refractivity contribution in [2.45, 2.75) is 6.43 Å². The SMILES string of the molecule is Cn1cc2cc(-c3cc4ccc(OCC(F)F)nc4n(-c4ccc(Cl)cc4)c3=O)ccc2n1. The summed E-state index contributed by atoms with van der Waals surface area (Å²) in [6.07, 6.45) is -0.753. The summed E-state index contributed by atoms with van der Waals surface area (Å²) in [5, 5.41) is 6.45. The predicted octanol–water partition coefficient (Wildman–Crippen LogP) is 5.24. The summed E-state index contributed by atoms with van der Waals surface area (Å²) in [4.78, 5) is 18.1. The van der Waals surface area contributed by atoms with E-state index in [-0.39, 0.29) is 11.4 Å². The number of pyridine rings is 2. The van der Waals surface area contributed by atoms with E-state index < -0.39 is 13.0 Å². The van der Waals surface area contributed by atoms with Crippen molar-refractivity contribution in [3.05, 3.63) is 82.2 Å². The van der Waals surface area contributed by atoms with Crippen molar-refractivity contribution < 1.29 is 13.5 Å². The van der Waals surface area contributed by atoms with Gasteiger partial charge in [0.05, 0.1) is 11.2 Å². The van der Waals surface area contributed by atoms with E-state index >= 15 is 0 Å². The Bertz CT molecular complexity index is 1540. The number of benzene rings is 2. The highest BCUT2D eigenvalue weighted by atomic mass is 35.5. The van der Waals surface area contributed by atoms with E-state index in [2.05, 4.69) is 10.1 Å². The molecule has 0 atom stereocenters. The molecule has 0 aliphatic rings. The van der Waals surface area contributed by atoms with Crippen LogP contribution in [0.1, 0.15) is 0 Å². The van der Waals surface area contributed by atoms with E-state index in [1.807, 2.05) is 31.4 Å². The molecule has 0 bridgehead atoms. The first-order chi connectivity index (χ1) is 15.9. The zero-order valence-corrected chi connectivity index (χ0v) is 18.1. The van der Waals surface area contributed by atoms with E-state index in [4.69, 9.17) is 16.3 Å². The highest BCUT2D eigenvalue weighted by molar-refractivity contribution is 6.30. The molecule has 0 radical (unpaired) electrons. The molecule has 0 unspecified atom stereocenters. The Morgan fingerprint density at radius 1 is 1.03 bits per heavy atom. The minimum absolute atomic E-state index is 0.00874. The maximum Gasteiger partial charge on any atom is 0.272 e. The van der Waals surface area contributed by atoms with Gasteiger partial charge in [0.15, 0.2) is 12.3 Å². The summed E-state index contributed by atoms with van der Waals surface area (Å²) in [5.74, 6) is 0.00874. The zero-order valence-electron chi connectivity index (χ0n) is 17.4. The fourth-order valence-electron chi connectivity index (χ4n) is 3.75. The lowest BCUT2D eigenvalue weighted by Crippen LogP contribution is -2.21. The Morgan fingerprint density at radius 2 is 1.82 bits per heavy atom. The Balaban J connectivity index is 1.75. The van der Waals surface area contributed by atoms with Crippen LogP contribution >= 0.6 is 11.6 Å². The van der Waals surface area contributed by atoms with Crippen molar-refractivity contribution in [1.82, 2.24) is 19.3 Å². The highest BCUT2D eigenvalue weighted by Gasteiger charge is 2.16. The first kappa shape index (κ1) is 21.1. The van der Waals surface area contributed by atoms with Gasteiger partial charge in [0, 0.05) is 40.7 Å². The van der Waals surface area contributed by atoms with E-state index in [1.54, 1.807) is 41.1 Å². The summed E-state index contributed by atoms with van der Waals surface area (Å²) in [6, 6.07) is 17.3. The van der Waals surface area contributed by atoms with Crippen LogP contribution < -0.4 is 10.3 Å². The number of hydrogen-bond acceptors (Lipinski definition) is 4. The van der Waals surface area contributed by atoms with Crippen molar-refractivity contribution in [3.63, 3.8) is 0 Å². The van der Waals surface area contributed by atoms with Gasteiger partial charge in [0.25, 0.3) is 12.0 Å². The largest absolute Gasteiger partial charge is 0.472 e. The standard InChI is InChI=1S/C24H17ClF2N4O2/c1-30-12-16-10-14(2-8-20(16)29-30)19-11-15-3-9-22(33-13-21(26)27)28-23(15)31(24(19)32)18-6-4-17(25)5-7-18/h2-12,21H,13H2,1H3.